The minimum absolute atomic E-state index is 0.0810. The van der Waals surface area contributed by atoms with E-state index in [9.17, 15) is 9.59 Å². The lowest BCUT2D eigenvalue weighted by atomic mass is 9.97. The van der Waals surface area contributed by atoms with E-state index in [-0.39, 0.29) is 12.5 Å². The lowest BCUT2D eigenvalue weighted by molar-refractivity contribution is -0.171. The molecular formula is C10H18ClNO4. The van der Waals surface area contributed by atoms with Crippen LogP contribution in [0.1, 0.15) is 34.1 Å². The fraction of sp³-hybridized carbons (Fsp3) is 0.800. The molecule has 6 heteroatoms. The third kappa shape index (κ3) is 3.98. The number of nitrogens with two attached hydrogens (primary N) is 1. The molecule has 5 nitrogen and oxygen atoms in total. The first-order chi connectivity index (χ1) is 7.17. The molecule has 0 aliphatic heterocycles. The van der Waals surface area contributed by atoms with Gasteiger partial charge in [0.15, 0.2) is 6.07 Å². The van der Waals surface area contributed by atoms with Crippen LogP contribution in [-0.4, -0.2) is 29.1 Å². The molecular weight excluding hydrogens is 234 g/mol. The zero-order chi connectivity index (χ0) is 13.0. The second-order valence-corrected chi connectivity index (χ2v) is 4.59. The van der Waals surface area contributed by atoms with Crippen molar-refractivity contribution in [2.45, 2.75) is 45.3 Å². The number of alkyl halides is 1. The molecule has 0 unspecified atom stereocenters. The SMILES string of the molecule is CC[C@@](N)(C(=O)OCCl)C(=O)OC(C)(C)C. The highest BCUT2D eigenvalue weighted by atomic mass is 35.5. The Kier molecular flexibility index (Phi) is 5.22. The maximum atomic E-state index is 11.7. The third-order valence-electron chi connectivity index (χ3n) is 1.87. The first-order valence-electron chi connectivity index (χ1n) is 4.93. The van der Waals surface area contributed by atoms with Crippen LogP contribution in [-0.2, 0) is 19.1 Å². The van der Waals surface area contributed by atoms with E-state index < -0.39 is 23.1 Å². The Bertz CT molecular complexity index is 274. The van der Waals surface area contributed by atoms with Crippen molar-refractivity contribution in [3.8, 4) is 0 Å². The van der Waals surface area contributed by atoms with Gasteiger partial charge in [-0.25, -0.2) is 9.59 Å². The third-order valence-corrected chi connectivity index (χ3v) is 1.98. The second-order valence-electron chi connectivity index (χ2n) is 4.37. The zero-order valence-electron chi connectivity index (χ0n) is 10.0. The monoisotopic (exact) mass is 251 g/mol. The largest absolute Gasteiger partial charge is 0.458 e. The number of ether oxygens (including phenoxy) is 2. The number of carbonyl (C=O) groups is 2. The predicted octanol–water partition coefficient (Wildman–Crippen LogP) is 1.18. The van der Waals surface area contributed by atoms with Crippen LogP contribution in [0.4, 0.5) is 0 Å². The average molecular weight is 252 g/mol. The van der Waals surface area contributed by atoms with E-state index in [2.05, 4.69) is 4.74 Å². The Labute approximate surface area is 100 Å². The van der Waals surface area contributed by atoms with Crippen LogP contribution in [0.2, 0.25) is 0 Å². The molecule has 0 heterocycles. The summed E-state index contributed by atoms with van der Waals surface area (Å²) < 4.78 is 9.59. The molecule has 0 aliphatic rings. The topological polar surface area (TPSA) is 78.6 Å². The van der Waals surface area contributed by atoms with Gasteiger partial charge in [0.2, 0.25) is 5.54 Å². The Morgan fingerprint density at radius 1 is 1.25 bits per heavy atom. The first-order valence-corrected chi connectivity index (χ1v) is 5.46. The van der Waals surface area contributed by atoms with Crippen molar-refractivity contribution in [1.29, 1.82) is 0 Å². The second kappa shape index (κ2) is 5.50. The van der Waals surface area contributed by atoms with E-state index in [0.29, 0.717) is 0 Å². The van der Waals surface area contributed by atoms with E-state index in [4.69, 9.17) is 22.1 Å². The lowest BCUT2D eigenvalue weighted by Crippen LogP contribution is -2.57. The molecule has 16 heavy (non-hydrogen) atoms. The van der Waals surface area contributed by atoms with E-state index in [1.165, 1.54) is 0 Å². The van der Waals surface area contributed by atoms with Gasteiger partial charge in [0.25, 0.3) is 0 Å². The van der Waals surface area contributed by atoms with Crippen LogP contribution >= 0.6 is 11.6 Å². The highest BCUT2D eigenvalue weighted by Gasteiger charge is 2.45. The summed E-state index contributed by atoms with van der Waals surface area (Å²) >= 11 is 5.25. The smallest absolute Gasteiger partial charge is 0.339 e. The standard InChI is InChI=1S/C10H18ClNO4/c1-5-10(12,7(13)15-6-11)8(14)16-9(2,3)4/h5-6,12H2,1-4H3/t10-/m1/s1. The van der Waals surface area contributed by atoms with Gasteiger partial charge in [-0.15, -0.1) is 0 Å². The van der Waals surface area contributed by atoms with Crippen molar-refractivity contribution >= 4 is 23.5 Å². The van der Waals surface area contributed by atoms with Gasteiger partial charge in [0.05, 0.1) is 0 Å². The fourth-order valence-electron chi connectivity index (χ4n) is 0.919. The summed E-state index contributed by atoms with van der Waals surface area (Å²) in [5, 5.41) is 0. The Balaban J connectivity index is 4.82. The minimum atomic E-state index is -1.79. The van der Waals surface area contributed by atoms with Gasteiger partial charge in [-0.05, 0) is 27.2 Å². The van der Waals surface area contributed by atoms with Gasteiger partial charge in [-0.1, -0.05) is 18.5 Å². The molecule has 2 N–H and O–H groups in total. The molecule has 0 saturated heterocycles. The summed E-state index contributed by atoms with van der Waals surface area (Å²) in [4.78, 5) is 23.2. The summed E-state index contributed by atoms with van der Waals surface area (Å²) in [6.07, 6.45) is 0.0810. The summed E-state index contributed by atoms with van der Waals surface area (Å²) in [7, 11) is 0. The number of carbonyl (C=O) groups excluding carboxylic acids is 2. The normalized spacial score (nSPS) is 15.1. The first kappa shape index (κ1) is 15.2. The van der Waals surface area contributed by atoms with Crippen LogP contribution in [0.5, 0.6) is 0 Å². The van der Waals surface area contributed by atoms with Crippen molar-refractivity contribution in [3.63, 3.8) is 0 Å². The number of hydrogen-bond donors (Lipinski definition) is 1. The van der Waals surface area contributed by atoms with Gasteiger partial charge in [-0.2, -0.15) is 0 Å². The predicted molar refractivity (Wildman–Crippen MR) is 59.9 cm³/mol. The molecule has 0 saturated carbocycles. The van der Waals surface area contributed by atoms with Crippen molar-refractivity contribution in [2.24, 2.45) is 5.73 Å². The zero-order valence-corrected chi connectivity index (χ0v) is 10.8. The van der Waals surface area contributed by atoms with Crippen LogP contribution in [0.25, 0.3) is 0 Å². The van der Waals surface area contributed by atoms with Gasteiger partial charge < -0.3 is 15.2 Å². The minimum Gasteiger partial charge on any atom is -0.458 e. The summed E-state index contributed by atoms with van der Waals surface area (Å²) in [6.45, 7) is 6.66. The Hall–Kier alpha value is -0.810. The molecule has 0 aliphatic carbocycles. The highest BCUT2D eigenvalue weighted by molar-refractivity contribution is 6.18. The van der Waals surface area contributed by atoms with E-state index >= 15 is 0 Å². The lowest BCUT2D eigenvalue weighted by Gasteiger charge is -2.28. The molecule has 1 atom stereocenters. The van der Waals surface area contributed by atoms with Crippen molar-refractivity contribution in [3.05, 3.63) is 0 Å². The highest BCUT2D eigenvalue weighted by Crippen LogP contribution is 2.17. The Morgan fingerprint density at radius 2 is 1.75 bits per heavy atom. The molecule has 0 aromatic carbocycles. The fourth-order valence-corrected chi connectivity index (χ4v) is 1.02. The maximum absolute atomic E-state index is 11.7. The molecule has 0 spiro atoms. The Morgan fingerprint density at radius 3 is 2.06 bits per heavy atom. The van der Waals surface area contributed by atoms with Crippen molar-refractivity contribution < 1.29 is 19.1 Å². The molecule has 0 amide bonds. The molecule has 0 aromatic heterocycles. The number of esters is 2. The van der Waals surface area contributed by atoms with Crippen LogP contribution in [0, 0.1) is 0 Å². The van der Waals surface area contributed by atoms with E-state index in [1.807, 2.05) is 0 Å². The van der Waals surface area contributed by atoms with Gasteiger partial charge in [-0.3, -0.25) is 0 Å². The molecule has 0 rings (SSSR count). The van der Waals surface area contributed by atoms with Gasteiger partial charge in [0.1, 0.15) is 5.60 Å². The molecule has 0 aromatic rings. The van der Waals surface area contributed by atoms with Crippen molar-refractivity contribution in [2.75, 3.05) is 6.07 Å². The summed E-state index contributed by atoms with van der Waals surface area (Å²) in [6, 6.07) is -0.347. The average Bonchev–Trinajstić information content (AvgIpc) is 2.14. The number of hydrogen-bond acceptors (Lipinski definition) is 5. The van der Waals surface area contributed by atoms with E-state index in [0.717, 1.165) is 0 Å². The summed E-state index contributed by atoms with van der Waals surface area (Å²) in [5.41, 5.74) is 3.17. The van der Waals surface area contributed by atoms with Crippen molar-refractivity contribution in [1.82, 2.24) is 0 Å². The van der Waals surface area contributed by atoms with Crippen LogP contribution in [0.3, 0.4) is 0 Å². The quantitative estimate of drug-likeness (QED) is 0.461. The molecule has 0 bridgehead atoms. The van der Waals surface area contributed by atoms with Gasteiger partial charge >= 0.3 is 11.9 Å². The van der Waals surface area contributed by atoms with Crippen LogP contribution in [0.15, 0.2) is 0 Å². The maximum Gasteiger partial charge on any atom is 0.339 e. The van der Waals surface area contributed by atoms with Crippen LogP contribution < -0.4 is 5.73 Å². The van der Waals surface area contributed by atoms with E-state index in [1.54, 1.807) is 27.7 Å². The van der Waals surface area contributed by atoms with Gasteiger partial charge in [0, 0.05) is 0 Å². The molecule has 0 radical (unpaired) electrons. The number of rotatable bonds is 4. The molecule has 94 valence electrons. The summed E-state index contributed by atoms with van der Waals surface area (Å²) in [5.74, 6) is -1.68. The number of halogens is 1. The molecule has 0 fully saturated rings.